The van der Waals surface area contributed by atoms with E-state index in [4.69, 9.17) is 17.3 Å². The van der Waals surface area contributed by atoms with Crippen molar-refractivity contribution in [3.63, 3.8) is 0 Å². The average molecular weight is 456 g/mol. The normalized spacial score (nSPS) is 13.0. The fraction of sp³-hybridized carbons (Fsp3) is 0.450. The Hall–Kier alpha value is -2.59. The molecule has 7 nitrogen and oxygen atoms in total. The molecule has 2 aromatic heterocycles. The molecule has 0 bridgehead atoms. The number of nitrogens with zero attached hydrogens (tertiary/aromatic N) is 4. The first-order valence-electron chi connectivity index (χ1n) is 9.56. The second-order valence-corrected chi connectivity index (χ2v) is 9.58. The lowest BCUT2D eigenvalue weighted by molar-refractivity contribution is -0.137. The molecule has 2 heterocycles. The van der Waals surface area contributed by atoms with Crippen LogP contribution in [0.2, 0.25) is 5.02 Å². The van der Waals surface area contributed by atoms with Gasteiger partial charge in [0.05, 0.1) is 11.8 Å². The molecule has 0 radical (unpaired) electrons. The van der Waals surface area contributed by atoms with Crippen LogP contribution in [0.4, 0.5) is 30.8 Å². The van der Waals surface area contributed by atoms with Gasteiger partial charge in [0.2, 0.25) is 11.9 Å². The average Bonchev–Trinajstić information content (AvgIpc) is 2.87. The zero-order valence-corrected chi connectivity index (χ0v) is 18.7. The van der Waals surface area contributed by atoms with Gasteiger partial charge >= 0.3 is 6.18 Å². The molecule has 0 aliphatic heterocycles. The molecule has 0 aliphatic rings. The Balaban J connectivity index is 2.09. The third-order valence-corrected chi connectivity index (χ3v) is 4.24. The Morgan fingerprint density at radius 3 is 2.32 bits per heavy atom. The van der Waals surface area contributed by atoms with Crippen molar-refractivity contribution in [2.75, 3.05) is 10.6 Å². The molecular formula is C20H25ClF3N7. The number of aromatic nitrogens is 4. The Bertz CT molecular complexity index is 1100. The number of hydrogen-bond acceptors (Lipinski definition) is 6. The van der Waals surface area contributed by atoms with E-state index in [9.17, 15) is 13.2 Å². The molecule has 31 heavy (non-hydrogen) atoms. The van der Waals surface area contributed by atoms with E-state index in [0.29, 0.717) is 23.7 Å². The van der Waals surface area contributed by atoms with Gasteiger partial charge in [-0.05, 0) is 52.8 Å². The lowest BCUT2D eigenvalue weighted by Crippen LogP contribution is -2.37. The molecule has 168 valence electrons. The second kappa shape index (κ2) is 7.83. The minimum atomic E-state index is -4.53. The first-order valence-corrected chi connectivity index (χ1v) is 9.94. The number of halogens is 4. The van der Waals surface area contributed by atoms with Gasteiger partial charge in [-0.2, -0.15) is 18.2 Å². The van der Waals surface area contributed by atoms with Crippen molar-refractivity contribution >= 4 is 40.3 Å². The number of imidazole rings is 1. The SMILES string of the molecule is CC(C)(N)Cn1c(Nc2cc(Cl)cc(C(F)(F)F)c2)nc2cnc(NC(C)(C)C)nc21. The van der Waals surface area contributed by atoms with E-state index in [0.717, 1.165) is 12.1 Å². The Labute approximate surface area is 183 Å². The highest BCUT2D eigenvalue weighted by molar-refractivity contribution is 6.31. The zero-order valence-electron chi connectivity index (χ0n) is 17.9. The molecule has 0 saturated carbocycles. The molecule has 0 unspecified atom stereocenters. The van der Waals surface area contributed by atoms with Crippen LogP contribution in [0.25, 0.3) is 11.2 Å². The van der Waals surface area contributed by atoms with Gasteiger partial charge in [-0.1, -0.05) is 11.6 Å². The highest BCUT2D eigenvalue weighted by Gasteiger charge is 2.31. The molecule has 1 aromatic carbocycles. The summed E-state index contributed by atoms with van der Waals surface area (Å²) in [6.45, 7) is 9.91. The molecule has 0 atom stereocenters. The maximum Gasteiger partial charge on any atom is 0.416 e. The first kappa shape index (κ1) is 23.1. The topological polar surface area (TPSA) is 93.7 Å². The predicted octanol–water partition coefficient (Wildman–Crippen LogP) is 5.19. The van der Waals surface area contributed by atoms with Crippen LogP contribution in [-0.2, 0) is 12.7 Å². The van der Waals surface area contributed by atoms with E-state index >= 15 is 0 Å². The molecule has 11 heteroatoms. The van der Waals surface area contributed by atoms with E-state index in [-0.39, 0.29) is 22.2 Å². The zero-order chi connectivity index (χ0) is 23.2. The van der Waals surface area contributed by atoms with Crippen LogP contribution in [0.15, 0.2) is 24.4 Å². The van der Waals surface area contributed by atoms with Gasteiger partial charge < -0.3 is 16.4 Å². The number of nitrogens with one attached hydrogen (secondary N) is 2. The smallest absolute Gasteiger partial charge is 0.350 e. The molecule has 0 spiro atoms. The summed E-state index contributed by atoms with van der Waals surface area (Å²) in [5.41, 5.74) is 5.58. The van der Waals surface area contributed by atoms with Gasteiger partial charge in [-0.3, -0.25) is 4.57 Å². The van der Waals surface area contributed by atoms with Crippen LogP contribution >= 0.6 is 11.6 Å². The summed E-state index contributed by atoms with van der Waals surface area (Å²) >= 11 is 5.91. The summed E-state index contributed by atoms with van der Waals surface area (Å²) in [6, 6.07) is 3.24. The first-order chi connectivity index (χ1) is 14.1. The number of benzene rings is 1. The molecule has 3 aromatic rings. The van der Waals surface area contributed by atoms with Crippen LogP contribution in [0.1, 0.15) is 40.2 Å². The van der Waals surface area contributed by atoms with Crippen molar-refractivity contribution in [2.24, 2.45) is 5.73 Å². The third-order valence-electron chi connectivity index (χ3n) is 4.02. The van der Waals surface area contributed by atoms with Crippen LogP contribution in [-0.4, -0.2) is 30.6 Å². The number of nitrogens with two attached hydrogens (primary N) is 1. The number of alkyl halides is 3. The number of rotatable bonds is 5. The molecule has 0 aliphatic carbocycles. The van der Waals surface area contributed by atoms with Crippen molar-refractivity contribution in [1.29, 1.82) is 0 Å². The molecule has 0 fully saturated rings. The highest BCUT2D eigenvalue weighted by atomic mass is 35.5. The molecule has 3 rings (SSSR count). The van der Waals surface area contributed by atoms with Crippen molar-refractivity contribution in [1.82, 2.24) is 19.5 Å². The number of anilines is 3. The van der Waals surface area contributed by atoms with E-state index in [1.54, 1.807) is 10.8 Å². The van der Waals surface area contributed by atoms with Gasteiger partial charge in [0.25, 0.3) is 0 Å². The quantitative estimate of drug-likeness (QED) is 0.490. The van der Waals surface area contributed by atoms with Crippen LogP contribution < -0.4 is 16.4 Å². The van der Waals surface area contributed by atoms with E-state index in [1.165, 1.54) is 6.07 Å². The van der Waals surface area contributed by atoms with E-state index in [1.807, 2.05) is 34.6 Å². The maximum absolute atomic E-state index is 13.2. The third kappa shape index (κ3) is 5.98. The predicted molar refractivity (Wildman–Crippen MR) is 117 cm³/mol. The van der Waals surface area contributed by atoms with Gasteiger partial charge in [0.15, 0.2) is 5.65 Å². The minimum absolute atomic E-state index is 0.0457. The monoisotopic (exact) mass is 455 g/mol. The summed E-state index contributed by atoms with van der Waals surface area (Å²) in [5, 5.41) is 6.08. The van der Waals surface area contributed by atoms with Crippen LogP contribution in [0.3, 0.4) is 0 Å². The van der Waals surface area contributed by atoms with Gasteiger partial charge in [-0.15, -0.1) is 0 Å². The molecule has 0 saturated heterocycles. The van der Waals surface area contributed by atoms with Crippen molar-refractivity contribution in [3.8, 4) is 0 Å². The van der Waals surface area contributed by atoms with E-state index < -0.39 is 17.3 Å². The molecule has 4 N–H and O–H groups in total. The van der Waals surface area contributed by atoms with E-state index in [2.05, 4.69) is 25.6 Å². The highest BCUT2D eigenvalue weighted by Crippen LogP contribution is 2.34. The van der Waals surface area contributed by atoms with Crippen LogP contribution in [0, 0.1) is 0 Å². The Morgan fingerprint density at radius 1 is 1.06 bits per heavy atom. The van der Waals surface area contributed by atoms with Gasteiger partial charge in [0, 0.05) is 28.3 Å². The van der Waals surface area contributed by atoms with Gasteiger partial charge in [0.1, 0.15) is 5.52 Å². The standard InChI is InChI=1S/C20H25ClF3N7/c1-18(2,3)30-16-26-9-14-15(29-16)31(10-19(4,5)25)17(28-14)27-13-7-11(20(22,23)24)6-12(21)8-13/h6-9H,10,25H2,1-5H3,(H,27,28)(H,26,29,30). The summed E-state index contributed by atoms with van der Waals surface area (Å²) in [4.78, 5) is 13.3. The summed E-state index contributed by atoms with van der Waals surface area (Å²) < 4.78 is 41.3. The van der Waals surface area contributed by atoms with Crippen molar-refractivity contribution in [3.05, 3.63) is 35.0 Å². The summed E-state index contributed by atoms with van der Waals surface area (Å²) in [7, 11) is 0. The maximum atomic E-state index is 13.2. The summed E-state index contributed by atoms with van der Waals surface area (Å²) in [5.74, 6) is 0.691. The van der Waals surface area contributed by atoms with Crippen molar-refractivity contribution in [2.45, 2.75) is 58.4 Å². The second-order valence-electron chi connectivity index (χ2n) is 9.14. The minimum Gasteiger partial charge on any atom is -0.350 e. The molecule has 0 amide bonds. The van der Waals surface area contributed by atoms with Crippen molar-refractivity contribution < 1.29 is 13.2 Å². The molecular weight excluding hydrogens is 431 g/mol. The Kier molecular flexibility index (Phi) is 5.83. The lowest BCUT2D eigenvalue weighted by Gasteiger charge is -2.22. The largest absolute Gasteiger partial charge is 0.416 e. The van der Waals surface area contributed by atoms with Crippen LogP contribution in [0.5, 0.6) is 0 Å². The lowest BCUT2D eigenvalue weighted by atomic mass is 10.1. The number of fused-ring (bicyclic) bond motifs is 1. The fourth-order valence-corrected chi connectivity index (χ4v) is 3.16. The Morgan fingerprint density at radius 2 is 1.74 bits per heavy atom. The fourth-order valence-electron chi connectivity index (χ4n) is 2.92. The summed E-state index contributed by atoms with van der Waals surface area (Å²) in [6.07, 6.45) is -2.97. The number of hydrogen-bond donors (Lipinski definition) is 3. The van der Waals surface area contributed by atoms with Gasteiger partial charge in [-0.25, -0.2) is 9.97 Å².